The van der Waals surface area contributed by atoms with Gasteiger partial charge in [-0.05, 0) is 42.3 Å². The minimum Gasteiger partial charge on any atom is -0.469 e. The lowest BCUT2D eigenvalue weighted by Crippen LogP contribution is -2.37. The molecule has 0 saturated heterocycles. The quantitative estimate of drug-likeness (QED) is 0.405. The van der Waals surface area contributed by atoms with Crippen molar-refractivity contribution in [2.45, 2.75) is 30.4 Å². The van der Waals surface area contributed by atoms with Crippen molar-refractivity contribution in [1.29, 1.82) is 0 Å². The third-order valence-corrected chi connectivity index (χ3v) is 5.55. The largest absolute Gasteiger partial charge is 0.469 e. The van der Waals surface area contributed by atoms with Crippen LogP contribution >= 0.6 is 11.6 Å². The molecule has 10 heteroatoms. The number of sulfonamides is 1. The lowest BCUT2D eigenvalue weighted by atomic mass is 10.1. The summed E-state index contributed by atoms with van der Waals surface area (Å²) in [4.78, 5) is 23.1. The van der Waals surface area contributed by atoms with Gasteiger partial charge in [0.1, 0.15) is 6.23 Å². The van der Waals surface area contributed by atoms with E-state index in [-0.39, 0.29) is 22.3 Å². The molecule has 3 N–H and O–H groups in total. The number of carbonyl (C=O) groups is 2. The summed E-state index contributed by atoms with van der Waals surface area (Å²) in [7, 11) is -2.70. The van der Waals surface area contributed by atoms with Gasteiger partial charge in [-0.15, -0.1) is 0 Å². The van der Waals surface area contributed by atoms with Crippen LogP contribution in [0.15, 0.2) is 53.4 Å². The fourth-order valence-corrected chi connectivity index (χ4v) is 3.79. The van der Waals surface area contributed by atoms with Gasteiger partial charge in [0.25, 0.3) is 0 Å². The fourth-order valence-electron chi connectivity index (χ4n) is 2.41. The zero-order valence-electron chi connectivity index (χ0n) is 15.6. The highest BCUT2D eigenvalue weighted by Crippen LogP contribution is 2.16. The molecule has 2 aromatic carbocycles. The van der Waals surface area contributed by atoms with Crippen molar-refractivity contribution in [3.63, 3.8) is 0 Å². The number of amides is 1. The minimum absolute atomic E-state index is 0.119. The maximum Gasteiger partial charge on any atom is 0.305 e. The predicted molar refractivity (Wildman–Crippen MR) is 108 cm³/mol. The van der Waals surface area contributed by atoms with Gasteiger partial charge in [-0.3, -0.25) is 9.59 Å². The van der Waals surface area contributed by atoms with E-state index in [1.807, 2.05) is 4.72 Å². The van der Waals surface area contributed by atoms with Gasteiger partial charge >= 0.3 is 5.97 Å². The topological polar surface area (TPSA) is 122 Å². The minimum atomic E-state index is -4.02. The molecule has 0 aromatic heterocycles. The Labute approximate surface area is 173 Å². The maximum absolute atomic E-state index is 12.2. The summed E-state index contributed by atoms with van der Waals surface area (Å²) >= 11 is 5.77. The summed E-state index contributed by atoms with van der Waals surface area (Å²) < 4.78 is 31.0. The fraction of sp³-hybridized carbons (Fsp3) is 0.263. The molecule has 0 heterocycles. The van der Waals surface area contributed by atoms with Crippen LogP contribution in [-0.2, 0) is 30.8 Å². The first-order valence-corrected chi connectivity index (χ1v) is 10.5. The third-order valence-electron chi connectivity index (χ3n) is 3.86. The zero-order chi connectivity index (χ0) is 21.4. The highest BCUT2D eigenvalue weighted by atomic mass is 35.5. The Morgan fingerprint density at radius 3 is 2.48 bits per heavy atom. The first kappa shape index (κ1) is 22.8. The zero-order valence-corrected chi connectivity index (χ0v) is 17.2. The molecule has 0 aliphatic heterocycles. The number of benzene rings is 2. The number of ether oxygens (including phenoxy) is 1. The molecule has 0 fully saturated rings. The number of aliphatic hydroxyl groups is 1. The van der Waals surface area contributed by atoms with Crippen LogP contribution in [-0.4, -0.2) is 38.7 Å². The van der Waals surface area contributed by atoms with Gasteiger partial charge in [0.15, 0.2) is 0 Å². The van der Waals surface area contributed by atoms with Gasteiger partial charge in [-0.25, -0.2) is 8.42 Å². The van der Waals surface area contributed by atoms with Crippen LogP contribution in [0.25, 0.3) is 0 Å². The van der Waals surface area contributed by atoms with Gasteiger partial charge in [0.05, 0.1) is 18.4 Å². The Morgan fingerprint density at radius 2 is 1.86 bits per heavy atom. The van der Waals surface area contributed by atoms with Crippen LogP contribution in [0.2, 0.25) is 5.02 Å². The molecule has 0 spiro atoms. The number of aliphatic hydroxyl groups excluding tert-OH is 1. The summed E-state index contributed by atoms with van der Waals surface area (Å²) in [6.45, 7) is 0. The maximum atomic E-state index is 12.2. The Balaban J connectivity index is 1.87. The molecule has 2 aromatic rings. The summed E-state index contributed by atoms with van der Waals surface area (Å²) in [6, 6.07) is 12.3. The molecule has 156 valence electrons. The smallest absolute Gasteiger partial charge is 0.305 e. The number of anilines is 1. The van der Waals surface area contributed by atoms with Crippen molar-refractivity contribution in [2.75, 3.05) is 12.4 Å². The monoisotopic (exact) mass is 440 g/mol. The summed E-state index contributed by atoms with van der Waals surface area (Å²) in [5.41, 5.74) is 1.37. The van der Waals surface area contributed by atoms with Crippen molar-refractivity contribution in [3.05, 3.63) is 59.1 Å². The van der Waals surface area contributed by atoms with Crippen molar-refractivity contribution < 1.29 is 27.9 Å². The lowest BCUT2D eigenvalue weighted by Gasteiger charge is -2.14. The second-order valence-electron chi connectivity index (χ2n) is 6.12. The van der Waals surface area contributed by atoms with Crippen LogP contribution in [0, 0.1) is 0 Å². The van der Waals surface area contributed by atoms with E-state index in [9.17, 15) is 23.1 Å². The summed E-state index contributed by atoms with van der Waals surface area (Å²) in [6.07, 6.45) is -1.34. The Morgan fingerprint density at radius 1 is 1.17 bits per heavy atom. The van der Waals surface area contributed by atoms with E-state index in [2.05, 4.69) is 10.1 Å². The first-order chi connectivity index (χ1) is 13.7. The predicted octanol–water partition coefficient (Wildman–Crippen LogP) is 2.07. The molecule has 1 atom stereocenters. The van der Waals surface area contributed by atoms with E-state index < -0.39 is 28.6 Å². The Kier molecular flexibility index (Phi) is 8.15. The summed E-state index contributed by atoms with van der Waals surface area (Å²) in [5, 5.41) is 12.7. The van der Waals surface area contributed by atoms with E-state index in [4.69, 9.17) is 11.6 Å². The van der Waals surface area contributed by atoms with E-state index in [0.717, 1.165) is 5.56 Å². The second-order valence-corrected chi connectivity index (χ2v) is 8.27. The second kappa shape index (κ2) is 10.4. The number of methoxy groups -OCH3 is 1. The molecule has 0 aliphatic carbocycles. The molecule has 1 unspecified atom stereocenters. The number of hydrogen-bond acceptors (Lipinski definition) is 6. The Hall–Kier alpha value is -2.46. The van der Waals surface area contributed by atoms with Crippen LogP contribution in [0.1, 0.15) is 18.4 Å². The van der Waals surface area contributed by atoms with Gasteiger partial charge in [0, 0.05) is 17.1 Å². The van der Waals surface area contributed by atoms with Crippen LogP contribution in [0.4, 0.5) is 5.69 Å². The number of aryl methyl sites for hydroxylation is 1. The summed E-state index contributed by atoms with van der Waals surface area (Å²) in [5.74, 6) is -0.884. The molecular weight excluding hydrogens is 420 g/mol. The number of hydrogen-bond donors (Lipinski definition) is 3. The van der Waals surface area contributed by atoms with E-state index in [0.29, 0.717) is 12.1 Å². The molecule has 0 aliphatic rings. The third kappa shape index (κ3) is 7.47. The van der Waals surface area contributed by atoms with Gasteiger partial charge in [-0.2, -0.15) is 4.72 Å². The van der Waals surface area contributed by atoms with Gasteiger partial charge < -0.3 is 15.2 Å². The molecule has 0 saturated carbocycles. The first-order valence-electron chi connectivity index (χ1n) is 8.61. The standard InChI is InChI=1S/C19H21ClN2O6S/c1-28-19(25)10-7-13-5-8-15(9-6-13)21-17(23)12-18(24)22-29(26,27)16-4-2-3-14(20)11-16/h2-6,8-9,11,18,22,24H,7,10,12H2,1H3,(H,21,23). The number of carbonyl (C=O) groups excluding carboxylic acids is 2. The lowest BCUT2D eigenvalue weighted by molar-refractivity contribution is -0.140. The molecule has 8 nitrogen and oxygen atoms in total. The van der Waals surface area contributed by atoms with Crippen molar-refractivity contribution in [1.82, 2.24) is 4.72 Å². The normalized spacial score (nSPS) is 12.2. The molecule has 0 bridgehead atoms. The van der Waals surface area contributed by atoms with Crippen LogP contribution < -0.4 is 10.0 Å². The van der Waals surface area contributed by atoms with E-state index in [1.54, 1.807) is 24.3 Å². The van der Waals surface area contributed by atoms with Crippen molar-refractivity contribution in [2.24, 2.45) is 0 Å². The molecular formula is C19H21ClN2O6S. The molecule has 0 radical (unpaired) electrons. The molecule has 29 heavy (non-hydrogen) atoms. The highest BCUT2D eigenvalue weighted by molar-refractivity contribution is 7.89. The number of rotatable bonds is 9. The SMILES string of the molecule is COC(=O)CCc1ccc(NC(=O)CC(O)NS(=O)(=O)c2cccc(Cl)c2)cc1. The van der Waals surface area contributed by atoms with Crippen molar-refractivity contribution >= 4 is 39.2 Å². The number of nitrogens with one attached hydrogen (secondary N) is 2. The average molecular weight is 441 g/mol. The average Bonchev–Trinajstić information content (AvgIpc) is 2.66. The number of halogens is 1. The van der Waals surface area contributed by atoms with Crippen LogP contribution in [0.3, 0.4) is 0 Å². The Bertz CT molecular complexity index is 963. The highest BCUT2D eigenvalue weighted by Gasteiger charge is 2.20. The van der Waals surface area contributed by atoms with Gasteiger partial charge in [0.2, 0.25) is 15.9 Å². The van der Waals surface area contributed by atoms with Gasteiger partial charge in [-0.1, -0.05) is 29.8 Å². The molecule has 2 rings (SSSR count). The van der Waals surface area contributed by atoms with Crippen molar-refractivity contribution in [3.8, 4) is 0 Å². The van der Waals surface area contributed by atoms with Crippen LogP contribution in [0.5, 0.6) is 0 Å². The van der Waals surface area contributed by atoms with E-state index >= 15 is 0 Å². The van der Waals surface area contributed by atoms with E-state index in [1.165, 1.54) is 31.4 Å². The molecule has 1 amide bonds. The number of esters is 1.